The fourth-order valence-corrected chi connectivity index (χ4v) is 2.27. The molecule has 6 nitrogen and oxygen atoms in total. The van der Waals surface area contributed by atoms with Crippen molar-refractivity contribution in [2.75, 3.05) is 25.0 Å². The molecule has 22 heavy (non-hydrogen) atoms. The molecule has 0 saturated carbocycles. The van der Waals surface area contributed by atoms with E-state index >= 15 is 0 Å². The number of rotatable bonds is 3. The van der Waals surface area contributed by atoms with Gasteiger partial charge in [-0.2, -0.15) is 0 Å². The molecule has 0 aliphatic carbocycles. The Morgan fingerprint density at radius 3 is 2.73 bits per heavy atom. The van der Waals surface area contributed by atoms with Crippen LogP contribution in [0.4, 0.5) is 10.1 Å². The highest BCUT2D eigenvalue weighted by molar-refractivity contribution is 6.39. The Kier molecular flexibility index (Phi) is 5.32. The van der Waals surface area contributed by atoms with Gasteiger partial charge in [0.15, 0.2) is 0 Å². The number of nitrogens with one attached hydrogen (secondary N) is 1. The first-order valence-electron chi connectivity index (χ1n) is 7.22. The highest BCUT2D eigenvalue weighted by atomic mass is 19.1. The molecule has 1 fully saturated rings. The van der Waals surface area contributed by atoms with Crippen LogP contribution < -0.4 is 10.1 Å². The Labute approximate surface area is 127 Å². The third kappa shape index (κ3) is 3.94. The summed E-state index contributed by atoms with van der Waals surface area (Å²) in [7, 11) is 0. The molecule has 0 unspecified atom stereocenters. The summed E-state index contributed by atoms with van der Waals surface area (Å²) in [6, 6.07) is 3.72. The minimum atomic E-state index is -0.844. The van der Waals surface area contributed by atoms with Crippen molar-refractivity contribution in [3.8, 4) is 5.75 Å². The van der Waals surface area contributed by atoms with Crippen molar-refractivity contribution in [2.45, 2.75) is 25.9 Å². The molecule has 1 aliphatic heterocycles. The van der Waals surface area contributed by atoms with E-state index in [0.29, 0.717) is 38.3 Å². The molecule has 1 aliphatic rings. The maximum Gasteiger partial charge on any atom is 0.314 e. The summed E-state index contributed by atoms with van der Waals surface area (Å²) >= 11 is 0. The van der Waals surface area contributed by atoms with Gasteiger partial charge in [0.05, 0.1) is 18.4 Å². The smallest absolute Gasteiger partial charge is 0.314 e. The Balaban J connectivity index is 2.05. The van der Waals surface area contributed by atoms with Gasteiger partial charge in [-0.25, -0.2) is 4.39 Å². The molecule has 0 atom stereocenters. The number of piperidine rings is 1. The van der Waals surface area contributed by atoms with Gasteiger partial charge in [-0.15, -0.1) is 0 Å². The number of carbonyl (C=O) groups excluding carboxylic acids is 2. The SMILES string of the molecule is CCOc1ccc(F)cc1NC(=O)C(=O)N1CCC(O)CC1. The zero-order valence-corrected chi connectivity index (χ0v) is 12.3. The number of aliphatic hydroxyl groups is 1. The quantitative estimate of drug-likeness (QED) is 0.821. The number of ether oxygens (including phenoxy) is 1. The second-order valence-electron chi connectivity index (χ2n) is 5.05. The summed E-state index contributed by atoms with van der Waals surface area (Å²) in [6.07, 6.45) is 0.465. The van der Waals surface area contributed by atoms with Crippen LogP contribution in [-0.4, -0.2) is 47.6 Å². The number of halogens is 1. The van der Waals surface area contributed by atoms with Crippen molar-refractivity contribution < 1.29 is 23.8 Å². The van der Waals surface area contributed by atoms with Gasteiger partial charge < -0.3 is 20.1 Å². The van der Waals surface area contributed by atoms with E-state index in [-0.39, 0.29) is 5.69 Å². The molecule has 0 aromatic heterocycles. The van der Waals surface area contributed by atoms with Gasteiger partial charge in [0, 0.05) is 19.2 Å². The molecule has 0 radical (unpaired) electrons. The van der Waals surface area contributed by atoms with Crippen LogP contribution in [0.5, 0.6) is 5.75 Å². The van der Waals surface area contributed by atoms with Gasteiger partial charge >= 0.3 is 11.8 Å². The molecule has 2 amide bonds. The minimum absolute atomic E-state index is 0.122. The van der Waals surface area contributed by atoms with Gasteiger partial charge in [-0.3, -0.25) is 9.59 Å². The summed E-state index contributed by atoms with van der Waals surface area (Å²) in [5, 5.41) is 11.8. The van der Waals surface area contributed by atoms with Crippen LogP contribution in [0.15, 0.2) is 18.2 Å². The number of anilines is 1. The third-order valence-electron chi connectivity index (χ3n) is 3.44. The van der Waals surface area contributed by atoms with Gasteiger partial charge in [-0.05, 0) is 31.9 Å². The van der Waals surface area contributed by atoms with E-state index < -0.39 is 23.7 Å². The number of amides is 2. The van der Waals surface area contributed by atoms with E-state index in [1.165, 1.54) is 17.0 Å². The van der Waals surface area contributed by atoms with E-state index in [4.69, 9.17) is 4.74 Å². The van der Waals surface area contributed by atoms with E-state index in [0.717, 1.165) is 6.07 Å². The summed E-state index contributed by atoms with van der Waals surface area (Å²) in [5.41, 5.74) is 0.122. The summed E-state index contributed by atoms with van der Waals surface area (Å²) < 4.78 is 18.6. The van der Waals surface area contributed by atoms with Crippen molar-refractivity contribution in [2.24, 2.45) is 0 Å². The monoisotopic (exact) mass is 310 g/mol. The molecule has 1 heterocycles. The molecular formula is C15H19FN2O4. The largest absolute Gasteiger partial charge is 0.492 e. The zero-order valence-electron chi connectivity index (χ0n) is 12.3. The first kappa shape index (κ1) is 16.2. The topological polar surface area (TPSA) is 78.9 Å². The normalized spacial score (nSPS) is 15.5. The third-order valence-corrected chi connectivity index (χ3v) is 3.44. The van der Waals surface area contributed by atoms with Crippen molar-refractivity contribution in [3.63, 3.8) is 0 Å². The lowest BCUT2D eigenvalue weighted by atomic mass is 10.1. The predicted molar refractivity (Wildman–Crippen MR) is 78.0 cm³/mol. The molecule has 2 rings (SSSR count). The molecule has 1 aromatic carbocycles. The fourth-order valence-electron chi connectivity index (χ4n) is 2.27. The second kappa shape index (κ2) is 7.22. The zero-order chi connectivity index (χ0) is 16.1. The number of aliphatic hydroxyl groups excluding tert-OH is 1. The Morgan fingerprint density at radius 2 is 2.09 bits per heavy atom. The van der Waals surface area contributed by atoms with E-state index in [9.17, 15) is 19.1 Å². The Morgan fingerprint density at radius 1 is 1.41 bits per heavy atom. The summed E-state index contributed by atoms with van der Waals surface area (Å²) in [5.74, 6) is -1.77. The van der Waals surface area contributed by atoms with Crippen molar-refractivity contribution in [1.29, 1.82) is 0 Å². The highest BCUT2D eigenvalue weighted by Gasteiger charge is 2.26. The van der Waals surface area contributed by atoms with Crippen LogP contribution >= 0.6 is 0 Å². The van der Waals surface area contributed by atoms with Gasteiger partial charge in [-0.1, -0.05) is 0 Å². The molecular weight excluding hydrogens is 291 g/mol. The van der Waals surface area contributed by atoms with Crippen molar-refractivity contribution >= 4 is 17.5 Å². The van der Waals surface area contributed by atoms with Gasteiger partial charge in [0.2, 0.25) is 0 Å². The van der Waals surface area contributed by atoms with E-state index in [1.807, 2.05) is 0 Å². The fraction of sp³-hybridized carbons (Fsp3) is 0.467. The maximum atomic E-state index is 13.3. The van der Waals surface area contributed by atoms with Crippen molar-refractivity contribution in [1.82, 2.24) is 4.90 Å². The predicted octanol–water partition coefficient (Wildman–Crippen LogP) is 1.15. The number of likely N-dealkylation sites (tertiary alicyclic amines) is 1. The Bertz CT molecular complexity index is 556. The molecule has 1 aromatic rings. The van der Waals surface area contributed by atoms with Crippen LogP contribution in [0.2, 0.25) is 0 Å². The van der Waals surface area contributed by atoms with Crippen LogP contribution in [0.1, 0.15) is 19.8 Å². The number of hydrogen-bond donors (Lipinski definition) is 2. The molecule has 0 spiro atoms. The Hall–Kier alpha value is -2.15. The lowest BCUT2D eigenvalue weighted by Gasteiger charge is -2.29. The van der Waals surface area contributed by atoms with Crippen LogP contribution in [0, 0.1) is 5.82 Å². The van der Waals surface area contributed by atoms with E-state index in [2.05, 4.69) is 5.32 Å². The van der Waals surface area contributed by atoms with Gasteiger partial charge in [0.1, 0.15) is 11.6 Å². The first-order chi connectivity index (χ1) is 10.5. The van der Waals surface area contributed by atoms with Crippen LogP contribution in [-0.2, 0) is 9.59 Å². The van der Waals surface area contributed by atoms with Gasteiger partial charge in [0.25, 0.3) is 0 Å². The van der Waals surface area contributed by atoms with Crippen molar-refractivity contribution in [3.05, 3.63) is 24.0 Å². The number of benzene rings is 1. The molecule has 1 saturated heterocycles. The highest BCUT2D eigenvalue weighted by Crippen LogP contribution is 2.25. The minimum Gasteiger partial charge on any atom is -0.492 e. The second-order valence-corrected chi connectivity index (χ2v) is 5.05. The van der Waals surface area contributed by atoms with E-state index in [1.54, 1.807) is 6.92 Å². The lowest BCUT2D eigenvalue weighted by Crippen LogP contribution is -2.45. The van der Waals surface area contributed by atoms with Crippen LogP contribution in [0.3, 0.4) is 0 Å². The average molecular weight is 310 g/mol. The molecule has 7 heteroatoms. The van der Waals surface area contributed by atoms with Crippen LogP contribution in [0.25, 0.3) is 0 Å². The maximum absolute atomic E-state index is 13.3. The molecule has 0 bridgehead atoms. The summed E-state index contributed by atoms with van der Waals surface area (Å²) in [6.45, 7) is 2.77. The number of nitrogens with zero attached hydrogens (tertiary/aromatic N) is 1. The molecule has 2 N–H and O–H groups in total. The first-order valence-corrected chi connectivity index (χ1v) is 7.22. The molecule has 120 valence electrons. The lowest BCUT2D eigenvalue weighted by molar-refractivity contribution is -0.144. The number of hydrogen-bond acceptors (Lipinski definition) is 4. The average Bonchev–Trinajstić information content (AvgIpc) is 2.50. The number of carbonyl (C=O) groups is 2. The standard InChI is InChI=1S/C15H19FN2O4/c1-2-22-13-4-3-10(16)9-12(13)17-14(20)15(21)18-7-5-11(19)6-8-18/h3-4,9,11,19H,2,5-8H2,1H3,(H,17,20). The summed E-state index contributed by atoms with van der Waals surface area (Å²) in [4.78, 5) is 25.5.